The van der Waals surface area contributed by atoms with Crippen molar-refractivity contribution in [1.29, 1.82) is 0 Å². The van der Waals surface area contributed by atoms with Crippen molar-refractivity contribution in [2.45, 2.75) is 6.42 Å². The molecule has 0 amide bonds. The van der Waals surface area contributed by atoms with Gasteiger partial charge < -0.3 is 0 Å². The summed E-state index contributed by atoms with van der Waals surface area (Å²) in [6, 6.07) is 0. The molecule has 0 unspecified atom stereocenters. The minimum atomic E-state index is 0.211. The third kappa shape index (κ3) is 0.323. The second-order valence-corrected chi connectivity index (χ2v) is 5.63. The molecule has 5 aliphatic carbocycles. The molecule has 0 aliphatic heterocycles. The maximum absolute atomic E-state index is 11.9. The van der Waals surface area contributed by atoms with Crippen LogP contribution in [0.5, 0.6) is 0 Å². The lowest BCUT2D eigenvalue weighted by molar-refractivity contribution is -0.145. The Balaban J connectivity index is 1.92. The highest BCUT2D eigenvalue weighted by atomic mass is 16.1. The van der Waals surface area contributed by atoms with Crippen LogP contribution in [0.4, 0.5) is 0 Å². The van der Waals surface area contributed by atoms with Crippen molar-refractivity contribution in [2.24, 2.45) is 47.3 Å². The van der Waals surface area contributed by atoms with Crippen LogP contribution in [-0.2, 0) is 9.59 Å². The standard InChI is InChI=1S/C11H10O2/c12-10-6-2-1-3-5-4(2)8(10)9(5)11(13)7(3)6/h2-9H,1H2/t2-,3+,4-,5+,6-,7-,8-,9+/m1/s1. The van der Waals surface area contributed by atoms with E-state index in [1.54, 1.807) is 0 Å². The largest absolute Gasteiger partial charge is 0.299 e. The maximum atomic E-state index is 11.9. The first-order chi connectivity index (χ1) is 6.30. The summed E-state index contributed by atoms with van der Waals surface area (Å²) in [6.45, 7) is 0. The Bertz CT molecular complexity index is 346. The molecule has 5 fully saturated rings. The summed E-state index contributed by atoms with van der Waals surface area (Å²) in [5.74, 6) is 4.49. The van der Waals surface area contributed by atoms with Crippen LogP contribution >= 0.6 is 0 Å². The first kappa shape index (κ1) is 5.94. The Kier molecular flexibility index (Phi) is 0.602. The molecule has 13 heavy (non-hydrogen) atoms. The van der Waals surface area contributed by atoms with Gasteiger partial charge in [0.2, 0.25) is 0 Å². The number of rotatable bonds is 0. The zero-order valence-electron chi connectivity index (χ0n) is 7.14. The van der Waals surface area contributed by atoms with Crippen molar-refractivity contribution >= 4 is 11.6 Å². The van der Waals surface area contributed by atoms with E-state index in [1.165, 1.54) is 6.42 Å². The van der Waals surface area contributed by atoms with E-state index in [0.717, 1.165) is 0 Å². The second-order valence-electron chi connectivity index (χ2n) is 5.63. The average molecular weight is 174 g/mol. The SMILES string of the molecule is O=C1[C@@H]2[C@H]3C[C@H]4[C@H]2C(=O)[C@H]2[C@@H]1[C@@H]3[C@@H]42. The molecule has 0 aromatic rings. The van der Waals surface area contributed by atoms with Gasteiger partial charge in [0.25, 0.3) is 0 Å². The van der Waals surface area contributed by atoms with Gasteiger partial charge in [0.15, 0.2) is 0 Å². The third-order valence-corrected chi connectivity index (χ3v) is 5.82. The molecule has 0 saturated heterocycles. The lowest BCUT2D eigenvalue weighted by Crippen LogP contribution is -2.47. The summed E-state index contributed by atoms with van der Waals surface area (Å²) in [6.07, 6.45) is 1.22. The van der Waals surface area contributed by atoms with Crippen LogP contribution in [0.1, 0.15) is 6.42 Å². The van der Waals surface area contributed by atoms with Gasteiger partial charge in [0.05, 0.1) is 0 Å². The molecule has 5 saturated carbocycles. The quantitative estimate of drug-likeness (QED) is 0.536. The normalized spacial score (nSPS) is 74.2. The molecular weight excluding hydrogens is 164 g/mol. The van der Waals surface area contributed by atoms with Gasteiger partial charge in [-0.15, -0.1) is 0 Å². The first-order valence-corrected chi connectivity index (χ1v) is 5.38. The summed E-state index contributed by atoms with van der Waals surface area (Å²) < 4.78 is 0. The van der Waals surface area contributed by atoms with Crippen LogP contribution in [0.25, 0.3) is 0 Å². The van der Waals surface area contributed by atoms with Gasteiger partial charge in [0, 0.05) is 23.7 Å². The molecule has 2 bridgehead atoms. The van der Waals surface area contributed by atoms with Crippen LogP contribution in [0.3, 0.4) is 0 Å². The predicted molar refractivity (Wildman–Crippen MR) is 42.6 cm³/mol. The molecule has 0 aromatic heterocycles. The van der Waals surface area contributed by atoms with Gasteiger partial charge in [-0.3, -0.25) is 9.59 Å². The van der Waals surface area contributed by atoms with Gasteiger partial charge in [-0.25, -0.2) is 0 Å². The minimum Gasteiger partial charge on any atom is -0.299 e. The molecule has 0 heterocycles. The lowest BCUT2D eigenvalue weighted by atomic mass is 9.59. The van der Waals surface area contributed by atoms with Crippen molar-refractivity contribution in [3.05, 3.63) is 0 Å². The van der Waals surface area contributed by atoms with Crippen LogP contribution in [0.15, 0.2) is 0 Å². The Labute approximate surface area is 75.7 Å². The molecule has 2 heteroatoms. The average Bonchev–Trinajstić information content (AvgIpc) is 2.52. The van der Waals surface area contributed by atoms with Crippen LogP contribution < -0.4 is 0 Å². The number of carbonyl (C=O) groups is 2. The van der Waals surface area contributed by atoms with Gasteiger partial charge >= 0.3 is 0 Å². The summed E-state index contributed by atoms with van der Waals surface area (Å²) in [7, 11) is 0. The van der Waals surface area contributed by atoms with Crippen LogP contribution in [0, 0.1) is 47.3 Å². The van der Waals surface area contributed by atoms with Crippen molar-refractivity contribution in [1.82, 2.24) is 0 Å². The van der Waals surface area contributed by atoms with Gasteiger partial charge in [-0.1, -0.05) is 0 Å². The Morgan fingerprint density at radius 1 is 0.769 bits per heavy atom. The zero-order valence-corrected chi connectivity index (χ0v) is 7.14. The molecule has 5 aliphatic rings. The van der Waals surface area contributed by atoms with E-state index < -0.39 is 0 Å². The van der Waals surface area contributed by atoms with Crippen molar-refractivity contribution in [2.75, 3.05) is 0 Å². The smallest absolute Gasteiger partial charge is 0.141 e. The van der Waals surface area contributed by atoms with Gasteiger partial charge in [0.1, 0.15) is 11.6 Å². The zero-order chi connectivity index (χ0) is 8.48. The first-order valence-electron chi connectivity index (χ1n) is 5.38. The second kappa shape index (κ2) is 1.32. The Morgan fingerprint density at radius 3 is 1.69 bits per heavy atom. The number of ketones is 2. The number of carbonyl (C=O) groups excluding carboxylic acids is 2. The Hall–Kier alpha value is -0.660. The summed E-state index contributed by atoms with van der Waals surface area (Å²) in [5, 5.41) is 0. The van der Waals surface area contributed by atoms with E-state index in [4.69, 9.17) is 0 Å². The fourth-order valence-electron chi connectivity index (χ4n) is 5.80. The highest BCUT2D eigenvalue weighted by Gasteiger charge is 2.84. The van der Waals surface area contributed by atoms with Gasteiger partial charge in [-0.2, -0.15) is 0 Å². The van der Waals surface area contributed by atoms with E-state index in [1.807, 2.05) is 0 Å². The predicted octanol–water partition coefficient (Wildman–Crippen LogP) is 0.512. The van der Waals surface area contributed by atoms with Crippen molar-refractivity contribution in [3.8, 4) is 0 Å². The number of hydrogen-bond donors (Lipinski definition) is 0. The monoisotopic (exact) mass is 174 g/mol. The molecule has 8 atom stereocenters. The van der Waals surface area contributed by atoms with E-state index in [0.29, 0.717) is 35.2 Å². The van der Waals surface area contributed by atoms with E-state index in [-0.39, 0.29) is 23.7 Å². The topological polar surface area (TPSA) is 34.1 Å². The highest BCUT2D eigenvalue weighted by Crippen LogP contribution is 2.80. The Morgan fingerprint density at radius 2 is 1.23 bits per heavy atom. The highest BCUT2D eigenvalue weighted by molar-refractivity contribution is 6.06. The maximum Gasteiger partial charge on any atom is 0.141 e. The molecule has 5 rings (SSSR count). The summed E-state index contributed by atoms with van der Waals surface area (Å²) >= 11 is 0. The summed E-state index contributed by atoms with van der Waals surface area (Å²) in [5.41, 5.74) is 0. The summed E-state index contributed by atoms with van der Waals surface area (Å²) in [4.78, 5) is 23.8. The van der Waals surface area contributed by atoms with Crippen molar-refractivity contribution < 1.29 is 9.59 Å². The van der Waals surface area contributed by atoms with Gasteiger partial charge in [-0.05, 0) is 30.1 Å². The molecule has 2 nitrogen and oxygen atoms in total. The fourth-order valence-corrected chi connectivity index (χ4v) is 5.80. The fraction of sp³-hybridized carbons (Fsp3) is 0.818. The molecule has 66 valence electrons. The van der Waals surface area contributed by atoms with Crippen LogP contribution in [-0.4, -0.2) is 11.6 Å². The lowest BCUT2D eigenvalue weighted by Gasteiger charge is -2.42. The molecule has 0 aromatic carbocycles. The number of Topliss-reactive ketones (excluding diaryl/α,β-unsaturated/α-hetero) is 2. The molecule has 0 spiro atoms. The molecular formula is C11H10O2. The molecule has 0 radical (unpaired) electrons. The number of fused-ring (bicyclic) bond motifs is 2. The van der Waals surface area contributed by atoms with Crippen molar-refractivity contribution in [3.63, 3.8) is 0 Å². The number of hydrogen-bond acceptors (Lipinski definition) is 2. The minimum absolute atomic E-state index is 0.211. The van der Waals surface area contributed by atoms with E-state index in [2.05, 4.69) is 0 Å². The van der Waals surface area contributed by atoms with E-state index >= 15 is 0 Å². The van der Waals surface area contributed by atoms with E-state index in [9.17, 15) is 9.59 Å². The van der Waals surface area contributed by atoms with Crippen LogP contribution in [0.2, 0.25) is 0 Å². The molecule has 0 N–H and O–H groups in total. The third-order valence-electron chi connectivity index (χ3n) is 5.82.